The van der Waals surface area contributed by atoms with Gasteiger partial charge in [-0.15, -0.1) is 0 Å². The minimum Gasteiger partial charge on any atom is -0.468 e. The van der Waals surface area contributed by atoms with Crippen molar-refractivity contribution in [3.05, 3.63) is 60.7 Å². The smallest absolute Gasteiger partial charge is 0.323 e. The van der Waals surface area contributed by atoms with Gasteiger partial charge in [0.1, 0.15) is 6.04 Å². The van der Waals surface area contributed by atoms with Crippen LogP contribution in [0.25, 0.3) is 0 Å². The molecule has 0 spiro atoms. The third-order valence-electron chi connectivity index (χ3n) is 3.47. The molecule has 0 bridgehead atoms. The van der Waals surface area contributed by atoms with Crippen LogP contribution in [0, 0.1) is 0 Å². The second-order valence-electron chi connectivity index (χ2n) is 4.89. The minimum atomic E-state index is -3.11. The summed E-state index contributed by atoms with van der Waals surface area (Å²) in [5, 5.41) is 4.38. The fraction of sp³-hybridized carbons (Fsp3) is 0.235. The highest BCUT2D eigenvalue weighted by Crippen LogP contribution is 2.39. The molecule has 0 unspecified atom stereocenters. The molecule has 2 rings (SSSR count). The Morgan fingerprint density at radius 3 is 1.86 bits per heavy atom. The Morgan fingerprint density at radius 2 is 1.50 bits per heavy atom. The normalized spacial score (nSPS) is 12.6. The van der Waals surface area contributed by atoms with E-state index in [9.17, 15) is 9.36 Å². The molecule has 0 aliphatic carbocycles. The van der Waals surface area contributed by atoms with E-state index >= 15 is 0 Å². The van der Waals surface area contributed by atoms with Gasteiger partial charge in [0.2, 0.25) is 7.29 Å². The number of hydrogen-bond donors (Lipinski definition) is 1. The molecule has 0 aliphatic heterocycles. The predicted molar refractivity (Wildman–Crippen MR) is 89.0 cm³/mol. The minimum absolute atomic E-state index is 0.408. The molecule has 22 heavy (non-hydrogen) atoms. The lowest BCUT2D eigenvalue weighted by atomic mass is 10.2. The molecule has 0 fully saturated rings. The van der Waals surface area contributed by atoms with E-state index in [1.807, 2.05) is 67.6 Å². The second-order valence-corrected chi connectivity index (χ2v) is 7.40. The molecule has 0 saturated heterocycles. The van der Waals surface area contributed by atoms with Gasteiger partial charge in [0.25, 0.3) is 0 Å². The van der Waals surface area contributed by atoms with Gasteiger partial charge in [-0.05, 0) is 30.7 Å². The highest BCUT2D eigenvalue weighted by atomic mass is 31.2. The van der Waals surface area contributed by atoms with Crippen LogP contribution >= 0.6 is 7.29 Å². The summed E-state index contributed by atoms with van der Waals surface area (Å²) in [6, 6.07) is 17.7. The van der Waals surface area contributed by atoms with Crippen molar-refractivity contribution in [3.63, 3.8) is 0 Å². The molecule has 0 amide bonds. The lowest BCUT2D eigenvalue weighted by molar-refractivity contribution is -0.142. The van der Waals surface area contributed by atoms with Gasteiger partial charge in [0, 0.05) is 10.6 Å². The van der Waals surface area contributed by atoms with E-state index in [1.165, 1.54) is 7.11 Å². The topological polar surface area (TPSA) is 55.4 Å². The number of nitrogens with one attached hydrogen (secondary N) is 1. The van der Waals surface area contributed by atoms with E-state index in [1.54, 1.807) is 0 Å². The van der Waals surface area contributed by atoms with E-state index in [4.69, 9.17) is 4.74 Å². The fourth-order valence-electron chi connectivity index (χ4n) is 2.25. The molecule has 4 nitrogen and oxygen atoms in total. The van der Waals surface area contributed by atoms with Crippen LogP contribution in [0.1, 0.15) is 13.3 Å². The highest BCUT2D eigenvalue weighted by molar-refractivity contribution is 7.77. The summed E-state index contributed by atoms with van der Waals surface area (Å²) in [6.07, 6.45) is 0.496. The Hall–Kier alpha value is -1.90. The third kappa shape index (κ3) is 3.46. The first-order valence-electron chi connectivity index (χ1n) is 7.18. The predicted octanol–water partition coefficient (Wildman–Crippen LogP) is 2.46. The third-order valence-corrected chi connectivity index (χ3v) is 6.20. The number of ether oxygens (including phenoxy) is 1. The van der Waals surface area contributed by atoms with Gasteiger partial charge < -0.3 is 4.74 Å². The summed E-state index contributed by atoms with van der Waals surface area (Å²) < 4.78 is 18.5. The molecule has 5 heteroatoms. The van der Waals surface area contributed by atoms with Crippen LogP contribution in [0.4, 0.5) is 0 Å². The number of methoxy groups -OCH3 is 1. The van der Waals surface area contributed by atoms with E-state index in [-0.39, 0.29) is 0 Å². The Balaban J connectivity index is 2.47. The average molecular weight is 317 g/mol. The summed E-state index contributed by atoms with van der Waals surface area (Å²) in [7, 11) is -1.78. The second kappa shape index (κ2) is 7.39. The molecule has 2 aromatic rings. The zero-order chi connectivity index (χ0) is 16.0. The van der Waals surface area contributed by atoms with Gasteiger partial charge in [-0.2, -0.15) is 0 Å². The Labute approximate surface area is 130 Å². The van der Waals surface area contributed by atoms with Gasteiger partial charge in [-0.1, -0.05) is 43.3 Å². The van der Waals surface area contributed by atoms with Crippen molar-refractivity contribution < 1.29 is 14.1 Å². The molecule has 0 aromatic heterocycles. The molecule has 2 aromatic carbocycles. The maximum absolute atomic E-state index is 13.7. The first-order valence-corrected chi connectivity index (χ1v) is 8.89. The van der Waals surface area contributed by atoms with Crippen LogP contribution in [0.2, 0.25) is 0 Å². The van der Waals surface area contributed by atoms with Crippen molar-refractivity contribution in [2.75, 3.05) is 7.11 Å². The lowest BCUT2D eigenvalue weighted by Gasteiger charge is -2.24. The van der Waals surface area contributed by atoms with Crippen molar-refractivity contribution in [2.45, 2.75) is 19.4 Å². The molecule has 0 radical (unpaired) electrons. The fourth-order valence-corrected chi connectivity index (χ4v) is 4.75. The monoisotopic (exact) mass is 317 g/mol. The zero-order valence-corrected chi connectivity index (χ0v) is 13.6. The van der Waals surface area contributed by atoms with Gasteiger partial charge in [0.15, 0.2) is 0 Å². The van der Waals surface area contributed by atoms with Crippen molar-refractivity contribution in [3.8, 4) is 0 Å². The number of esters is 1. The largest absolute Gasteiger partial charge is 0.468 e. The Bertz CT molecular complexity index is 615. The average Bonchev–Trinajstić information content (AvgIpc) is 2.60. The van der Waals surface area contributed by atoms with E-state index in [2.05, 4.69) is 5.09 Å². The standard InChI is InChI=1S/C17H20NO3P/c1-3-16(17(19)21-2)18-22(20,14-10-6-4-7-11-14)15-12-8-5-9-13-15/h4-13,16H,3H2,1-2H3,(H,18,20)/t16-/m0/s1. The SMILES string of the molecule is CC[C@H](NP(=O)(c1ccccc1)c1ccccc1)C(=O)OC. The molecular weight excluding hydrogens is 297 g/mol. The maximum Gasteiger partial charge on any atom is 0.323 e. The quantitative estimate of drug-likeness (QED) is 0.657. The summed E-state index contributed by atoms with van der Waals surface area (Å²) in [5.41, 5.74) is 0. The van der Waals surface area contributed by atoms with Gasteiger partial charge in [0.05, 0.1) is 7.11 Å². The number of hydrogen-bond acceptors (Lipinski definition) is 3. The van der Waals surface area contributed by atoms with E-state index in [0.717, 1.165) is 0 Å². The molecule has 0 aliphatic rings. The first-order chi connectivity index (χ1) is 10.6. The van der Waals surface area contributed by atoms with Crippen molar-refractivity contribution >= 4 is 23.9 Å². The number of carbonyl (C=O) groups excluding carboxylic acids is 1. The van der Waals surface area contributed by atoms with Crippen LogP contribution in [-0.2, 0) is 14.1 Å². The van der Waals surface area contributed by atoms with Crippen LogP contribution in [0.15, 0.2) is 60.7 Å². The van der Waals surface area contributed by atoms with Crippen molar-refractivity contribution in [1.29, 1.82) is 0 Å². The van der Waals surface area contributed by atoms with Crippen LogP contribution in [-0.4, -0.2) is 19.1 Å². The first kappa shape index (κ1) is 16.5. The van der Waals surface area contributed by atoms with Gasteiger partial charge in [-0.3, -0.25) is 9.36 Å². The molecular formula is C17H20NO3P. The molecule has 1 N–H and O–H groups in total. The van der Waals surface area contributed by atoms with Crippen LogP contribution in [0.5, 0.6) is 0 Å². The Morgan fingerprint density at radius 1 is 1.05 bits per heavy atom. The lowest BCUT2D eigenvalue weighted by Crippen LogP contribution is -2.40. The molecule has 116 valence electrons. The summed E-state index contributed by atoms with van der Waals surface area (Å²) >= 11 is 0. The summed E-state index contributed by atoms with van der Waals surface area (Å²) in [5.74, 6) is -0.408. The number of rotatable bonds is 6. The summed E-state index contributed by atoms with van der Waals surface area (Å²) in [6.45, 7) is 1.86. The van der Waals surface area contributed by atoms with E-state index in [0.29, 0.717) is 17.0 Å². The highest BCUT2D eigenvalue weighted by Gasteiger charge is 2.32. The van der Waals surface area contributed by atoms with E-state index < -0.39 is 19.3 Å². The van der Waals surface area contributed by atoms with Gasteiger partial charge >= 0.3 is 5.97 Å². The zero-order valence-electron chi connectivity index (χ0n) is 12.7. The number of benzene rings is 2. The van der Waals surface area contributed by atoms with Crippen molar-refractivity contribution in [1.82, 2.24) is 5.09 Å². The molecule has 1 atom stereocenters. The van der Waals surface area contributed by atoms with Crippen molar-refractivity contribution in [2.24, 2.45) is 0 Å². The van der Waals surface area contributed by atoms with Crippen LogP contribution in [0.3, 0.4) is 0 Å². The maximum atomic E-state index is 13.7. The molecule has 0 saturated carbocycles. The number of carbonyl (C=O) groups is 1. The summed E-state index contributed by atoms with van der Waals surface area (Å²) in [4.78, 5) is 11.9. The van der Waals surface area contributed by atoms with Gasteiger partial charge in [-0.25, -0.2) is 5.09 Å². The van der Waals surface area contributed by atoms with Crippen LogP contribution < -0.4 is 15.7 Å². The molecule has 0 heterocycles. The Kier molecular flexibility index (Phi) is 5.53.